The van der Waals surface area contributed by atoms with Crippen molar-refractivity contribution < 1.29 is 14.0 Å². The lowest BCUT2D eigenvalue weighted by Gasteiger charge is -2.19. The first-order chi connectivity index (χ1) is 9.28. The molecule has 2 aromatic heterocycles. The molecular weight excluding hydrogens is 266 g/mol. The molecule has 0 spiro atoms. The minimum absolute atomic E-state index is 0.253. The highest BCUT2D eigenvalue weighted by Gasteiger charge is 2.23. The molecule has 0 amide bonds. The van der Waals surface area contributed by atoms with Crippen molar-refractivity contribution in [1.29, 1.82) is 0 Å². The van der Waals surface area contributed by atoms with Crippen LogP contribution in [0.4, 0.5) is 5.00 Å². The van der Waals surface area contributed by atoms with Crippen LogP contribution in [0, 0.1) is 0 Å². The Balaban J connectivity index is 1.85. The number of aromatic nitrogens is 2. The number of hydrogen-bond donors (Lipinski definition) is 1. The normalized spacial score (nSPS) is 19.7. The third-order valence-corrected chi connectivity index (χ3v) is 4.04. The van der Waals surface area contributed by atoms with E-state index in [1.807, 2.05) is 6.07 Å². The quantitative estimate of drug-likeness (QED) is 0.926. The van der Waals surface area contributed by atoms with Gasteiger partial charge in [0.05, 0.1) is 30.4 Å². The molecular formula is C12H15N3O3S. The van der Waals surface area contributed by atoms with Crippen LogP contribution >= 0.6 is 11.3 Å². The Morgan fingerprint density at radius 2 is 2.37 bits per heavy atom. The second-order valence-corrected chi connectivity index (χ2v) is 5.40. The zero-order valence-electron chi connectivity index (χ0n) is 10.6. The van der Waals surface area contributed by atoms with Crippen molar-refractivity contribution in [1.82, 2.24) is 10.1 Å². The Labute approximate surface area is 114 Å². The van der Waals surface area contributed by atoms with E-state index in [1.54, 1.807) is 11.3 Å². The van der Waals surface area contributed by atoms with Crippen LogP contribution in [0.2, 0.25) is 0 Å². The summed E-state index contributed by atoms with van der Waals surface area (Å²) in [5, 5.41) is 4.65. The topological polar surface area (TPSA) is 83.4 Å². The highest BCUT2D eigenvalue weighted by atomic mass is 32.1. The van der Waals surface area contributed by atoms with Crippen molar-refractivity contribution in [3.05, 3.63) is 16.8 Å². The number of nitrogens with two attached hydrogens (primary N) is 1. The van der Waals surface area contributed by atoms with Crippen LogP contribution in [-0.2, 0) is 15.9 Å². The molecule has 1 fully saturated rings. The van der Waals surface area contributed by atoms with Gasteiger partial charge in [-0.2, -0.15) is 4.98 Å². The molecule has 1 unspecified atom stereocenters. The van der Waals surface area contributed by atoms with E-state index >= 15 is 0 Å². The average molecular weight is 281 g/mol. The van der Waals surface area contributed by atoms with Gasteiger partial charge in [-0.1, -0.05) is 12.1 Å². The first-order valence-electron chi connectivity index (χ1n) is 6.19. The highest BCUT2D eigenvalue weighted by molar-refractivity contribution is 7.16. The molecule has 0 radical (unpaired) electrons. The second-order valence-electron chi connectivity index (χ2n) is 4.24. The lowest BCUT2D eigenvalue weighted by Crippen LogP contribution is -2.22. The molecule has 1 atom stereocenters. The summed E-state index contributed by atoms with van der Waals surface area (Å²) in [5.41, 5.74) is 6.77. The lowest BCUT2D eigenvalue weighted by molar-refractivity contribution is -0.0941. The molecule has 1 aliphatic rings. The molecule has 6 nitrogen and oxygen atoms in total. The van der Waals surface area contributed by atoms with Crippen LogP contribution in [0.1, 0.15) is 23.7 Å². The Morgan fingerprint density at radius 1 is 1.47 bits per heavy atom. The lowest BCUT2D eigenvalue weighted by atomic mass is 10.2. The fraction of sp³-hybridized carbons (Fsp3) is 0.500. The van der Waals surface area contributed by atoms with Gasteiger partial charge in [-0.3, -0.25) is 0 Å². The molecule has 2 N–H and O–H groups in total. The van der Waals surface area contributed by atoms with Gasteiger partial charge in [0, 0.05) is 4.88 Å². The van der Waals surface area contributed by atoms with Crippen LogP contribution in [0.5, 0.6) is 0 Å². The van der Waals surface area contributed by atoms with Crippen molar-refractivity contribution in [2.24, 2.45) is 0 Å². The fourth-order valence-corrected chi connectivity index (χ4v) is 2.77. The maximum Gasteiger partial charge on any atom is 0.261 e. The van der Waals surface area contributed by atoms with Gasteiger partial charge >= 0.3 is 0 Å². The number of anilines is 1. The number of nitrogens with zero attached hydrogens (tertiary/aromatic N) is 2. The van der Waals surface area contributed by atoms with Gasteiger partial charge in [0.15, 0.2) is 0 Å². The molecule has 19 heavy (non-hydrogen) atoms. The third kappa shape index (κ3) is 2.49. The highest BCUT2D eigenvalue weighted by Crippen LogP contribution is 2.34. The van der Waals surface area contributed by atoms with E-state index in [1.165, 1.54) is 4.88 Å². The summed E-state index contributed by atoms with van der Waals surface area (Å²) in [5.74, 6) is 0.955. The molecule has 7 heteroatoms. The summed E-state index contributed by atoms with van der Waals surface area (Å²) in [7, 11) is 0. The van der Waals surface area contributed by atoms with Crippen molar-refractivity contribution >= 4 is 16.3 Å². The van der Waals surface area contributed by atoms with E-state index in [-0.39, 0.29) is 6.10 Å². The van der Waals surface area contributed by atoms with E-state index in [0.29, 0.717) is 36.5 Å². The van der Waals surface area contributed by atoms with Crippen LogP contribution in [0.3, 0.4) is 0 Å². The summed E-state index contributed by atoms with van der Waals surface area (Å²) in [6.45, 7) is 3.70. The summed E-state index contributed by atoms with van der Waals surface area (Å²) in [6, 6.07) is 2.00. The van der Waals surface area contributed by atoms with Crippen LogP contribution in [0.15, 0.2) is 10.6 Å². The smallest absolute Gasteiger partial charge is 0.261 e. The Hall–Kier alpha value is -1.44. The van der Waals surface area contributed by atoms with Crippen LogP contribution in [-0.4, -0.2) is 30.0 Å². The molecule has 2 aromatic rings. The van der Waals surface area contributed by atoms with Crippen molar-refractivity contribution in [2.45, 2.75) is 19.4 Å². The summed E-state index contributed by atoms with van der Waals surface area (Å²) < 4.78 is 16.1. The first kappa shape index (κ1) is 12.6. The largest absolute Gasteiger partial charge is 0.390 e. The van der Waals surface area contributed by atoms with Crippen LogP contribution < -0.4 is 5.73 Å². The van der Waals surface area contributed by atoms with Gasteiger partial charge in [-0.15, -0.1) is 11.3 Å². The summed E-state index contributed by atoms with van der Waals surface area (Å²) >= 11 is 1.55. The second kappa shape index (κ2) is 5.28. The standard InChI is InChI=1S/C12H15N3O3S/c1-2-7-5-8(10(13)19-7)12-14-11(15-18-12)9-6-16-3-4-17-9/h5,9H,2-4,6,13H2,1H3. The van der Waals surface area contributed by atoms with E-state index in [0.717, 1.165) is 12.0 Å². The van der Waals surface area contributed by atoms with Gasteiger partial charge in [0.1, 0.15) is 6.10 Å². The Morgan fingerprint density at radius 3 is 3.05 bits per heavy atom. The van der Waals surface area contributed by atoms with Crippen molar-refractivity contribution in [3.63, 3.8) is 0 Å². The van der Waals surface area contributed by atoms with E-state index in [4.69, 9.17) is 19.7 Å². The van der Waals surface area contributed by atoms with Crippen molar-refractivity contribution in [3.8, 4) is 11.5 Å². The fourth-order valence-electron chi connectivity index (χ4n) is 1.91. The first-order valence-corrected chi connectivity index (χ1v) is 7.01. The van der Waals surface area contributed by atoms with Gasteiger partial charge < -0.3 is 19.7 Å². The third-order valence-electron chi connectivity index (χ3n) is 2.94. The van der Waals surface area contributed by atoms with Crippen LogP contribution in [0.25, 0.3) is 11.5 Å². The van der Waals surface area contributed by atoms with E-state index in [2.05, 4.69) is 17.1 Å². The molecule has 0 saturated carbocycles. The minimum atomic E-state index is -0.253. The van der Waals surface area contributed by atoms with Gasteiger partial charge in [-0.05, 0) is 12.5 Å². The number of rotatable bonds is 3. The molecule has 0 bridgehead atoms. The molecule has 1 aliphatic heterocycles. The predicted octanol–water partition coefficient (Wildman–Crippen LogP) is 2.03. The summed E-state index contributed by atoms with van der Waals surface area (Å²) in [4.78, 5) is 5.56. The average Bonchev–Trinajstić information content (AvgIpc) is 3.06. The molecule has 102 valence electrons. The van der Waals surface area contributed by atoms with E-state index < -0.39 is 0 Å². The van der Waals surface area contributed by atoms with Gasteiger partial charge in [-0.25, -0.2) is 0 Å². The molecule has 3 heterocycles. The zero-order valence-corrected chi connectivity index (χ0v) is 11.4. The SMILES string of the molecule is CCc1cc(-c2nc(C3COCCO3)no2)c(N)s1. The Bertz CT molecular complexity index is 560. The molecule has 1 saturated heterocycles. The summed E-state index contributed by atoms with van der Waals surface area (Å²) in [6.07, 6.45) is 0.687. The van der Waals surface area contributed by atoms with E-state index in [9.17, 15) is 0 Å². The number of aryl methyl sites for hydroxylation is 1. The number of hydrogen-bond acceptors (Lipinski definition) is 7. The Kier molecular flexibility index (Phi) is 3.50. The molecule has 3 rings (SSSR count). The molecule has 0 aromatic carbocycles. The molecule has 0 aliphatic carbocycles. The number of thiophene rings is 1. The van der Waals surface area contributed by atoms with Crippen molar-refractivity contribution in [2.75, 3.05) is 25.6 Å². The number of ether oxygens (including phenoxy) is 2. The van der Waals surface area contributed by atoms with Gasteiger partial charge in [0.2, 0.25) is 5.82 Å². The predicted molar refractivity (Wildman–Crippen MR) is 70.9 cm³/mol. The van der Waals surface area contributed by atoms with Gasteiger partial charge in [0.25, 0.3) is 5.89 Å². The maximum atomic E-state index is 5.97. The minimum Gasteiger partial charge on any atom is -0.390 e. The maximum absolute atomic E-state index is 5.97. The monoisotopic (exact) mass is 281 g/mol. The zero-order chi connectivity index (χ0) is 13.2. The number of nitrogen functional groups attached to an aromatic ring is 1.